The summed E-state index contributed by atoms with van der Waals surface area (Å²) < 4.78 is 45.0. The Morgan fingerprint density at radius 3 is 2.61 bits per heavy atom. The molecule has 0 unspecified atom stereocenters. The molecule has 0 fully saturated rings. The van der Waals surface area contributed by atoms with Gasteiger partial charge in [0.05, 0.1) is 16.1 Å². The second-order valence-corrected chi connectivity index (χ2v) is 8.50. The molecule has 0 aliphatic carbocycles. The van der Waals surface area contributed by atoms with Gasteiger partial charge < -0.3 is 15.4 Å². The first kappa shape index (κ1) is 19.8. The zero-order valence-corrected chi connectivity index (χ0v) is 16.1. The highest BCUT2D eigenvalue weighted by Crippen LogP contribution is 2.32. The van der Waals surface area contributed by atoms with Crippen LogP contribution in [0.4, 0.5) is 15.8 Å². The number of rotatable bonds is 4. The van der Waals surface area contributed by atoms with Crippen LogP contribution in [0.5, 0.6) is 5.75 Å². The molecule has 0 spiro atoms. The largest absolute Gasteiger partial charge is 0.479 e. The first-order chi connectivity index (χ1) is 13.1. The molecule has 2 aromatic carbocycles. The first-order valence-corrected chi connectivity index (χ1v) is 9.68. The van der Waals surface area contributed by atoms with Crippen LogP contribution < -0.4 is 15.4 Å². The summed E-state index contributed by atoms with van der Waals surface area (Å²) in [6, 6.07) is 7.55. The molecule has 2 N–H and O–H groups in total. The lowest BCUT2D eigenvalue weighted by atomic mass is 10.1. The van der Waals surface area contributed by atoms with Crippen LogP contribution in [-0.2, 0) is 14.8 Å². The third kappa shape index (κ3) is 3.69. The van der Waals surface area contributed by atoms with Crippen molar-refractivity contribution in [3.8, 4) is 5.75 Å². The van der Waals surface area contributed by atoms with E-state index in [1.54, 1.807) is 13.0 Å². The van der Waals surface area contributed by atoms with Crippen LogP contribution in [0.1, 0.15) is 17.3 Å². The third-order valence-corrected chi connectivity index (χ3v) is 5.94. The highest BCUT2D eigenvalue weighted by molar-refractivity contribution is 7.89. The van der Waals surface area contributed by atoms with Gasteiger partial charge in [-0.15, -0.1) is 0 Å². The predicted molar refractivity (Wildman–Crippen MR) is 100 cm³/mol. The molecule has 148 valence electrons. The molecule has 1 aliphatic rings. The average Bonchev–Trinajstić information content (AvgIpc) is 2.63. The van der Waals surface area contributed by atoms with Crippen molar-refractivity contribution in [2.24, 2.45) is 0 Å². The van der Waals surface area contributed by atoms with Crippen LogP contribution in [-0.4, -0.2) is 44.7 Å². The van der Waals surface area contributed by atoms with E-state index in [1.807, 2.05) is 0 Å². The van der Waals surface area contributed by atoms with Crippen molar-refractivity contribution in [2.45, 2.75) is 17.9 Å². The number of halogens is 1. The van der Waals surface area contributed by atoms with Gasteiger partial charge in [0.2, 0.25) is 10.0 Å². The highest BCUT2D eigenvalue weighted by Gasteiger charge is 2.25. The molecule has 2 amide bonds. The molecule has 1 heterocycles. The van der Waals surface area contributed by atoms with E-state index in [2.05, 4.69) is 10.6 Å². The number of fused-ring (bicyclic) bond motifs is 1. The summed E-state index contributed by atoms with van der Waals surface area (Å²) in [5, 5.41) is 5.13. The summed E-state index contributed by atoms with van der Waals surface area (Å²) in [5.41, 5.74) is 0.224. The number of hydrogen-bond donors (Lipinski definition) is 2. The van der Waals surface area contributed by atoms with Crippen LogP contribution in [0.25, 0.3) is 0 Å². The molecule has 28 heavy (non-hydrogen) atoms. The van der Waals surface area contributed by atoms with Crippen LogP contribution in [0, 0.1) is 5.82 Å². The maximum atomic E-state index is 14.1. The van der Waals surface area contributed by atoms with Crippen LogP contribution in [0.15, 0.2) is 41.3 Å². The number of nitrogens with one attached hydrogen (secondary N) is 2. The molecule has 1 aliphatic heterocycles. The average molecular weight is 407 g/mol. The van der Waals surface area contributed by atoms with Crippen LogP contribution in [0.3, 0.4) is 0 Å². The second kappa shape index (κ2) is 7.21. The zero-order valence-electron chi connectivity index (χ0n) is 15.3. The number of carbonyl (C=O) groups is 2. The van der Waals surface area contributed by atoms with Gasteiger partial charge in [0, 0.05) is 19.8 Å². The lowest BCUT2D eigenvalue weighted by Gasteiger charge is -2.23. The lowest BCUT2D eigenvalue weighted by molar-refractivity contribution is -0.122. The van der Waals surface area contributed by atoms with Crippen molar-refractivity contribution in [3.63, 3.8) is 0 Å². The van der Waals surface area contributed by atoms with Gasteiger partial charge in [-0.2, -0.15) is 0 Å². The molecule has 0 saturated carbocycles. The van der Waals surface area contributed by atoms with Gasteiger partial charge in [-0.25, -0.2) is 17.1 Å². The first-order valence-electron chi connectivity index (χ1n) is 8.24. The van der Waals surface area contributed by atoms with Crippen molar-refractivity contribution in [2.75, 3.05) is 24.7 Å². The molecule has 0 saturated heterocycles. The fourth-order valence-electron chi connectivity index (χ4n) is 2.53. The van der Waals surface area contributed by atoms with Crippen LogP contribution >= 0.6 is 0 Å². The van der Waals surface area contributed by atoms with Crippen LogP contribution in [0.2, 0.25) is 0 Å². The Morgan fingerprint density at radius 2 is 1.93 bits per heavy atom. The SMILES string of the molecule is C[C@H]1Oc2ccc(NC(=O)c3cc(S(=O)(=O)N(C)C)ccc3F)cc2NC1=O. The second-order valence-electron chi connectivity index (χ2n) is 6.34. The van der Waals surface area contributed by atoms with E-state index >= 15 is 0 Å². The van der Waals surface area contributed by atoms with E-state index in [1.165, 1.54) is 26.2 Å². The molecular weight excluding hydrogens is 389 g/mol. The molecule has 0 aromatic heterocycles. The maximum absolute atomic E-state index is 14.1. The number of nitrogens with zero attached hydrogens (tertiary/aromatic N) is 1. The summed E-state index contributed by atoms with van der Waals surface area (Å²) in [6.07, 6.45) is -0.636. The fourth-order valence-corrected chi connectivity index (χ4v) is 3.46. The van der Waals surface area contributed by atoms with Gasteiger partial charge in [0.25, 0.3) is 11.8 Å². The Balaban J connectivity index is 1.88. The Hall–Kier alpha value is -2.98. The monoisotopic (exact) mass is 407 g/mol. The highest BCUT2D eigenvalue weighted by atomic mass is 32.2. The molecule has 0 bridgehead atoms. The van der Waals surface area contributed by atoms with E-state index < -0.39 is 33.4 Å². The summed E-state index contributed by atoms with van der Waals surface area (Å²) in [4.78, 5) is 24.0. The Kier molecular flexibility index (Phi) is 5.09. The molecule has 0 radical (unpaired) electrons. The number of carbonyl (C=O) groups excluding carboxylic acids is 2. The maximum Gasteiger partial charge on any atom is 0.265 e. The molecule has 8 nitrogen and oxygen atoms in total. The fraction of sp³-hybridized carbons (Fsp3) is 0.222. The molecular formula is C18H18FN3O5S. The third-order valence-electron chi connectivity index (χ3n) is 4.13. The van der Waals surface area contributed by atoms with Gasteiger partial charge >= 0.3 is 0 Å². The lowest BCUT2D eigenvalue weighted by Crippen LogP contribution is -2.34. The van der Waals surface area contributed by atoms with Gasteiger partial charge in [-0.05, 0) is 43.3 Å². The predicted octanol–water partition coefficient (Wildman–Crippen LogP) is 2.05. The number of benzene rings is 2. The number of hydrogen-bond acceptors (Lipinski definition) is 5. The number of amides is 2. The smallest absolute Gasteiger partial charge is 0.265 e. The van der Waals surface area contributed by atoms with Gasteiger partial charge in [0.15, 0.2) is 6.10 Å². The summed E-state index contributed by atoms with van der Waals surface area (Å²) >= 11 is 0. The molecule has 1 atom stereocenters. The topological polar surface area (TPSA) is 105 Å². The van der Waals surface area contributed by atoms with Gasteiger partial charge in [0.1, 0.15) is 11.6 Å². The van der Waals surface area contributed by atoms with E-state index in [0.717, 1.165) is 22.5 Å². The summed E-state index contributed by atoms with van der Waals surface area (Å²) in [5.74, 6) is -1.58. The normalized spacial score (nSPS) is 16.2. The number of anilines is 2. The van der Waals surface area contributed by atoms with E-state index in [-0.39, 0.29) is 16.5 Å². The Morgan fingerprint density at radius 1 is 1.21 bits per heavy atom. The van der Waals surface area contributed by atoms with Gasteiger partial charge in [-0.3, -0.25) is 9.59 Å². The minimum Gasteiger partial charge on any atom is -0.479 e. The van der Waals surface area contributed by atoms with Crippen molar-refractivity contribution in [1.82, 2.24) is 4.31 Å². The number of sulfonamides is 1. The Bertz CT molecular complexity index is 1070. The van der Waals surface area contributed by atoms with Gasteiger partial charge in [-0.1, -0.05) is 0 Å². The molecule has 10 heteroatoms. The van der Waals surface area contributed by atoms with E-state index in [4.69, 9.17) is 4.74 Å². The standard InChI is InChI=1S/C18H18FN3O5S/c1-10-17(23)21-15-8-11(4-7-16(15)27-10)20-18(24)13-9-12(5-6-14(13)19)28(25,26)22(2)3/h4-10H,1-3H3,(H,20,24)(H,21,23)/t10-/m1/s1. The zero-order chi connectivity index (χ0) is 20.6. The van der Waals surface area contributed by atoms with Crippen molar-refractivity contribution in [1.29, 1.82) is 0 Å². The summed E-state index contributed by atoms with van der Waals surface area (Å²) in [7, 11) is -1.15. The Labute approximate surface area is 161 Å². The number of ether oxygens (including phenoxy) is 1. The minimum absolute atomic E-state index is 0.204. The molecule has 2 aromatic rings. The van der Waals surface area contributed by atoms with Crippen molar-refractivity contribution in [3.05, 3.63) is 47.8 Å². The quantitative estimate of drug-likeness (QED) is 0.807. The van der Waals surface area contributed by atoms with E-state index in [0.29, 0.717) is 11.4 Å². The molecule has 3 rings (SSSR count). The van der Waals surface area contributed by atoms with Crippen molar-refractivity contribution < 1.29 is 27.1 Å². The minimum atomic E-state index is -3.82. The van der Waals surface area contributed by atoms with E-state index in [9.17, 15) is 22.4 Å². The van der Waals surface area contributed by atoms with Crippen molar-refractivity contribution >= 4 is 33.2 Å². The summed E-state index contributed by atoms with van der Waals surface area (Å²) in [6.45, 7) is 1.60.